The van der Waals surface area contributed by atoms with E-state index in [0.717, 1.165) is 49.2 Å². The Labute approximate surface area is 207 Å². The fourth-order valence-corrected chi connectivity index (χ4v) is 4.65. The summed E-state index contributed by atoms with van der Waals surface area (Å²) in [5, 5.41) is -0.369. The van der Waals surface area contributed by atoms with Gasteiger partial charge in [-0.2, -0.15) is 0 Å². The van der Waals surface area contributed by atoms with E-state index in [1.807, 2.05) is 0 Å². The smallest absolute Gasteiger partial charge is 0.258 e. The summed E-state index contributed by atoms with van der Waals surface area (Å²) in [5.74, 6) is -1.84. The molecule has 1 saturated heterocycles. The molecule has 4 rings (SSSR count). The molecule has 4 N–H and O–H groups in total. The molecule has 1 unspecified atom stereocenters. The van der Waals surface area contributed by atoms with Gasteiger partial charge in [-0.25, -0.2) is 18.7 Å². The second-order valence-electron chi connectivity index (χ2n) is 8.71. The standard InChI is InChI=1S/C25H26ClF2N5O2/c1-13(21-18(27)5-6-19(28)22(21)26)35-25-23(29)31-12-20(32-25)16-4-3-15(24(30)34)11-17(16)14-7-9-33(2)10-8-14/h3-6,11-14H,7-10H2,1-2H3,(H2,29,31)(H2,30,34). The Morgan fingerprint density at radius 3 is 2.57 bits per heavy atom. The molecule has 2 aromatic carbocycles. The lowest BCUT2D eigenvalue weighted by molar-refractivity contribution is 0.1000. The highest BCUT2D eigenvalue weighted by Crippen LogP contribution is 2.37. The van der Waals surface area contributed by atoms with Crippen LogP contribution in [0.5, 0.6) is 5.88 Å². The Morgan fingerprint density at radius 1 is 1.20 bits per heavy atom. The van der Waals surface area contributed by atoms with Crippen LogP contribution in [0.3, 0.4) is 0 Å². The summed E-state index contributed by atoms with van der Waals surface area (Å²) in [6.45, 7) is 3.36. The second-order valence-corrected chi connectivity index (χ2v) is 9.08. The molecule has 3 aromatic rings. The van der Waals surface area contributed by atoms with Crippen molar-refractivity contribution in [2.45, 2.75) is 31.8 Å². The molecule has 0 radical (unpaired) electrons. The van der Waals surface area contributed by atoms with Crippen LogP contribution in [0.25, 0.3) is 11.3 Å². The summed E-state index contributed by atoms with van der Waals surface area (Å²) in [7, 11) is 2.07. The lowest BCUT2D eigenvalue weighted by Gasteiger charge is -2.30. The minimum Gasteiger partial charge on any atom is -0.467 e. The Balaban J connectivity index is 1.72. The van der Waals surface area contributed by atoms with Gasteiger partial charge in [-0.05, 0) is 75.6 Å². The normalized spacial score (nSPS) is 15.7. The number of nitrogens with zero attached hydrogens (tertiary/aromatic N) is 3. The topological polar surface area (TPSA) is 107 Å². The molecule has 1 fully saturated rings. The minimum absolute atomic E-state index is 0.0110. The van der Waals surface area contributed by atoms with Gasteiger partial charge in [0.25, 0.3) is 5.88 Å². The number of anilines is 1. The van der Waals surface area contributed by atoms with Gasteiger partial charge in [-0.1, -0.05) is 17.7 Å². The number of amides is 1. The highest BCUT2D eigenvalue weighted by atomic mass is 35.5. The molecule has 0 saturated carbocycles. The number of halogens is 3. The van der Waals surface area contributed by atoms with Crippen LogP contribution in [-0.4, -0.2) is 40.9 Å². The van der Waals surface area contributed by atoms with Crippen molar-refractivity contribution in [3.63, 3.8) is 0 Å². The van der Waals surface area contributed by atoms with Gasteiger partial charge in [-0.15, -0.1) is 0 Å². The van der Waals surface area contributed by atoms with Crippen LogP contribution in [0.4, 0.5) is 14.6 Å². The first-order valence-corrected chi connectivity index (χ1v) is 11.6. The summed E-state index contributed by atoms with van der Waals surface area (Å²) >= 11 is 5.98. The molecule has 10 heteroatoms. The van der Waals surface area contributed by atoms with Gasteiger partial charge < -0.3 is 21.1 Å². The Morgan fingerprint density at radius 2 is 1.89 bits per heavy atom. The van der Waals surface area contributed by atoms with Crippen molar-refractivity contribution < 1.29 is 18.3 Å². The van der Waals surface area contributed by atoms with Crippen molar-refractivity contribution in [3.8, 4) is 17.1 Å². The second kappa shape index (κ2) is 10.1. The third kappa shape index (κ3) is 5.21. The lowest BCUT2D eigenvalue weighted by Crippen LogP contribution is -2.29. The van der Waals surface area contributed by atoms with Gasteiger partial charge in [0.1, 0.15) is 17.7 Å². The zero-order valence-electron chi connectivity index (χ0n) is 19.4. The van der Waals surface area contributed by atoms with Gasteiger partial charge >= 0.3 is 0 Å². The molecule has 7 nitrogen and oxygen atoms in total. The van der Waals surface area contributed by atoms with E-state index >= 15 is 0 Å². The van der Waals surface area contributed by atoms with Crippen LogP contribution in [0.2, 0.25) is 5.02 Å². The predicted octanol–water partition coefficient (Wildman–Crippen LogP) is 4.71. The first-order valence-electron chi connectivity index (χ1n) is 11.2. The van der Waals surface area contributed by atoms with E-state index in [9.17, 15) is 13.6 Å². The van der Waals surface area contributed by atoms with Gasteiger partial charge in [0.05, 0.1) is 16.9 Å². The number of carbonyl (C=O) groups excluding carboxylic acids is 1. The maximum atomic E-state index is 14.4. The van der Waals surface area contributed by atoms with Crippen molar-refractivity contribution in [1.29, 1.82) is 0 Å². The molecule has 1 aromatic heterocycles. The number of carbonyl (C=O) groups is 1. The molecule has 1 aliphatic heterocycles. The van der Waals surface area contributed by atoms with E-state index < -0.39 is 23.6 Å². The summed E-state index contributed by atoms with van der Waals surface area (Å²) in [6.07, 6.45) is 2.34. The predicted molar refractivity (Wildman–Crippen MR) is 130 cm³/mol. The number of ether oxygens (including phenoxy) is 1. The average molecular weight is 502 g/mol. The van der Waals surface area contributed by atoms with Gasteiger partial charge in [0.2, 0.25) is 5.91 Å². The third-order valence-corrected chi connectivity index (χ3v) is 6.70. The quantitative estimate of drug-likeness (QED) is 0.474. The Hall–Kier alpha value is -3.30. The van der Waals surface area contributed by atoms with Crippen LogP contribution < -0.4 is 16.2 Å². The summed E-state index contributed by atoms with van der Waals surface area (Å²) < 4.78 is 34.1. The molecule has 184 valence electrons. The van der Waals surface area contributed by atoms with Crippen molar-refractivity contribution in [2.75, 3.05) is 25.9 Å². The maximum absolute atomic E-state index is 14.4. The summed E-state index contributed by atoms with van der Waals surface area (Å²) in [6, 6.07) is 7.15. The van der Waals surface area contributed by atoms with E-state index in [-0.39, 0.29) is 28.2 Å². The highest BCUT2D eigenvalue weighted by Gasteiger charge is 2.25. The number of nitrogens with two attached hydrogens (primary N) is 2. The minimum atomic E-state index is -0.990. The van der Waals surface area contributed by atoms with E-state index in [1.54, 1.807) is 18.2 Å². The van der Waals surface area contributed by atoms with Crippen LogP contribution in [0.1, 0.15) is 53.3 Å². The SMILES string of the molecule is CC(Oc1nc(-c2ccc(C(N)=O)cc2C2CCN(C)CC2)cnc1N)c1c(F)ccc(F)c1Cl. The Bertz CT molecular complexity index is 1260. The largest absolute Gasteiger partial charge is 0.467 e. The van der Waals surface area contributed by atoms with E-state index in [1.165, 1.54) is 13.1 Å². The lowest BCUT2D eigenvalue weighted by atomic mass is 9.84. The number of likely N-dealkylation sites (tertiary alicyclic amines) is 1. The van der Waals surface area contributed by atoms with Crippen LogP contribution in [-0.2, 0) is 0 Å². The number of benzene rings is 2. The first kappa shape index (κ1) is 24.8. The molecule has 0 aliphatic carbocycles. The zero-order chi connectivity index (χ0) is 25.3. The fourth-order valence-electron chi connectivity index (χ4n) is 4.35. The van der Waals surface area contributed by atoms with Crippen molar-refractivity contribution in [1.82, 2.24) is 14.9 Å². The monoisotopic (exact) mass is 501 g/mol. The molecule has 1 amide bonds. The summed E-state index contributed by atoms with van der Waals surface area (Å²) in [5.41, 5.74) is 14.0. The molecular weight excluding hydrogens is 476 g/mol. The molecule has 2 heterocycles. The van der Waals surface area contributed by atoms with Crippen LogP contribution in [0, 0.1) is 11.6 Å². The van der Waals surface area contributed by atoms with Crippen molar-refractivity contribution >= 4 is 23.3 Å². The molecule has 1 aliphatic rings. The first-order chi connectivity index (χ1) is 16.7. The van der Waals surface area contributed by atoms with E-state index in [0.29, 0.717) is 11.3 Å². The number of nitrogen functional groups attached to an aromatic ring is 1. The van der Waals surface area contributed by atoms with Gasteiger partial charge in [0, 0.05) is 16.7 Å². The van der Waals surface area contributed by atoms with Gasteiger partial charge in [-0.3, -0.25) is 4.79 Å². The number of hydrogen-bond acceptors (Lipinski definition) is 6. The fraction of sp³-hybridized carbons (Fsp3) is 0.320. The molecule has 0 spiro atoms. The number of piperidine rings is 1. The van der Waals surface area contributed by atoms with E-state index in [4.69, 9.17) is 27.8 Å². The van der Waals surface area contributed by atoms with Gasteiger partial charge in [0.15, 0.2) is 5.82 Å². The van der Waals surface area contributed by atoms with E-state index in [2.05, 4.69) is 21.9 Å². The zero-order valence-corrected chi connectivity index (χ0v) is 20.1. The molecule has 1 atom stereocenters. The molecule has 0 bridgehead atoms. The number of rotatable bonds is 6. The van der Waals surface area contributed by atoms with Crippen molar-refractivity contribution in [2.24, 2.45) is 5.73 Å². The van der Waals surface area contributed by atoms with Crippen LogP contribution in [0.15, 0.2) is 36.5 Å². The van der Waals surface area contributed by atoms with Crippen LogP contribution >= 0.6 is 11.6 Å². The maximum Gasteiger partial charge on any atom is 0.258 e. The molecule has 35 heavy (non-hydrogen) atoms. The summed E-state index contributed by atoms with van der Waals surface area (Å²) in [4.78, 5) is 22.9. The highest BCUT2D eigenvalue weighted by molar-refractivity contribution is 6.31. The number of primary amides is 1. The third-order valence-electron chi connectivity index (χ3n) is 6.31. The average Bonchev–Trinajstić information content (AvgIpc) is 2.83. The van der Waals surface area contributed by atoms with Crippen molar-refractivity contribution in [3.05, 3.63) is 69.9 Å². The number of hydrogen-bond donors (Lipinski definition) is 2. The number of aromatic nitrogens is 2. The Kier molecular flexibility index (Phi) is 7.18. The molecular formula is C25H26ClF2N5O2.